The zero-order valence-corrected chi connectivity index (χ0v) is 7.63. The van der Waals surface area contributed by atoms with E-state index in [0.717, 1.165) is 0 Å². The number of hydrogen-bond donors (Lipinski definition) is 3. The van der Waals surface area contributed by atoms with Gasteiger partial charge in [-0.3, -0.25) is 0 Å². The maximum absolute atomic E-state index is 11.5. The first kappa shape index (κ1) is 8.67. The van der Waals surface area contributed by atoms with Gasteiger partial charge in [-0.2, -0.15) is 0 Å². The maximum Gasteiger partial charge on any atom is 0.274 e. The Kier molecular flexibility index (Phi) is 2.06. The van der Waals surface area contributed by atoms with E-state index in [1.807, 2.05) is 0 Å². The average Bonchev–Trinajstić information content (AvgIpc) is 2.49. The SMILES string of the molecule is O=S(=O)(NC1CNC1)c1ncc[nH]1. The Balaban J connectivity index is 2.12. The molecule has 0 unspecified atom stereocenters. The summed E-state index contributed by atoms with van der Waals surface area (Å²) in [5.74, 6) is 0. The molecular weight excluding hydrogens is 192 g/mol. The standard InChI is InChI=1S/C6H10N4O2S/c11-13(12,6-8-1-2-9-6)10-5-3-7-4-5/h1-2,5,7,10H,3-4H2,(H,8,9). The lowest BCUT2D eigenvalue weighted by Gasteiger charge is -2.26. The molecule has 0 aliphatic carbocycles. The fourth-order valence-electron chi connectivity index (χ4n) is 1.04. The summed E-state index contributed by atoms with van der Waals surface area (Å²) in [5, 5.41) is 2.94. The quantitative estimate of drug-likeness (QED) is 0.566. The summed E-state index contributed by atoms with van der Waals surface area (Å²) in [6.45, 7) is 1.36. The summed E-state index contributed by atoms with van der Waals surface area (Å²) in [7, 11) is -3.43. The number of aromatic nitrogens is 2. The fourth-order valence-corrected chi connectivity index (χ4v) is 2.18. The predicted octanol–water partition coefficient (Wildman–Crippen LogP) is -1.34. The van der Waals surface area contributed by atoms with Crippen molar-refractivity contribution in [2.24, 2.45) is 0 Å². The first-order valence-electron chi connectivity index (χ1n) is 3.91. The molecule has 6 nitrogen and oxygen atoms in total. The van der Waals surface area contributed by atoms with Gasteiger partial charge in [0.2, 0.25) is 5.16 Å². The Morgan fingerprint density at radius 2 is 2.31 bits per heavy atom. The van der Waals surface area contributed by atoms with E-state index in [2.05, 4.69) is 20.0 Å². The summed E-state index contributed by atoms with van der Waals surface area (Å²) in [5.41, 5.74) is 0. The second-order valence-electron chi connectivity index (χ2n) is 2.87. The van der Waals surface area contributed by atoms with Crippen molar-refractivity contribution < 1.29 is 8.42 Å². The maximum atomic E-state index is 11.5. The van der Waals surface area contributed by atoms with Crippen LogP contribution in [-0.4, -0.2) is 37.5 Å². The van der Waals surface area contributed by atoms with Crippen LogP contribution in [0.4, 0.5) is 0 Å². The van der Waals surface area contributed by atoms with Crippen molar-refractivity contribution in [2.75, 3.05) is 13.1 Å². The zero-order chi connectivity index (χ0) is 9.31. The predicted molar refractivity (Wildman–Crippen MR) is 45.6 cm³/mol. The van der Waals surface area contributed by atoms with Gasteiger partial charge in [0, 0.05) is 31.5 Å². The number of nitrogens with zero attached hydrogens (tertiary/aromatic N) is 1. The molecule has 7 heteroatoms. The highest BCUT2D eigenvalue weighted by molar-refractivity contribution is 7.89. The highest BCUT2D eigenvalue weighted by Crippen LogP contribution is 2.02. The highest BCUT2D eigenvalue weighted by Gasteiger charge is 2.25. The topological polar surface area (TPSA) is 86.9 Å². The fraction of sp³-hybridized carbons (Fsp3) is 0.500. The van der Waals surface area contributed by atoms with Crippen LogP contribution in [0.25, 0.3) is 0 Å². The Morgan fingerprint density at radius 1 is 1.54 bits per heavy atom. The van der Waals surface area contributed by atoms with E-state index in [4.69, 9.17) is 0 Å². The summed E-state index contributed by atoms with van der Waals surface area (Å²) >= 11 is 0. The highest BCUT2D eigenvalue weighted by atomic mass is 32.2. The van der Waals surface area contributed by atoms with E-state index < -0.39 is 10.0 Å². The molecular formula is C6H10N4O2S. The van der Waals surface area contributed by atoms with Gasteiger partial charge in [-0.05, 0) is 0 Å². The zero-order valence-electron chi connectivity index (χ0n) is 6.82. The second kappa shape index (κ2) is 3.09. The van der Waals surface area contributed by atoms with E-state index >= 15 is 0 Å². The molecule has 0 spiro atoms. The summed E-state index contributed by atoms with van der Waals surface area (Å²) in [6.07, 6.45) is 2.89. The van der Waals surface area contributed by atoms with Crippen LogP contribution in [0.3, 0.4) is 0 Å². The lowest BCUT2D eigenvalue weighted by atomic mass is 10.2. The Morgan fingerprint density at radius 3 is 2.77 bits per heavy atom. The van der Waals surface area contributed by atoms with E-state index in [-0.39, 0.29) is 11.2 Å². The molecule has 72 valence electrons. The van der Waals surface area contributed by atoms with Gasteiger partial charge in [0.25, 0.3) is 10.0 Å². The number of nitrogens with one attached hydrogen (secondary N) is 3. The molecule has 1 fully saturated rings. The molecule has 0 amide bonds. The molecule has 1 aromatic heterocycles. The number of imidazole rings is 1. The minimum atomic E-state index is -3.43. The minimum Gasteiger partial charge on any atom is -0.334 e. The first-order chi connectivity index (χ1) is 6.18. The third-order valence-electron chi connectivity index (χ3n) is 1.83. The largest absolute Gasteiger partial charge is 0.334 e. The van der Waals surface area contributed by atoms with Crippen molar-refractivity contribution in [2.45, 2.75) is 11.2 Å². The van der Waals surface area contributed by atoms with Crippen molar-refractivity contribution in [3.05, 3.63) is 12.4 Å². The summed E-state index contributed by atoms with van der Waals surface area (Å²) in [4.78, 5) is 6.22. The molecule has 0 radical (unpaired) electrons. The molecule has 1 aromatic rings. The van der Waals surface area contributed by atoms with Crippen LogP contribution in [-0.2, 0) is 10.0 Å². The Hall–Kier alpha value is -0.920. The molecule has 2 rings (SSSR count). The number of hydrogen-bond acceptors (Lipinski definition) is 4. The van der Waals surface area contributed by atoms with Gasteiger partial charge in [0.1, 0.15) is 0 Å². The van der Waals surface area contributed by atoms with Crippen LogP contribution in [0.1, 0.15) is 0 Å². The van der Waals surface area contributed by atoms with Gasteiger partial charge < -0.3 is 10.3 Å². The molecule has 0 saturated carbocycles. The van der Waals surface area contributed by atoms with Crippen molar-refractivity contribution in [3.63, 3.8) is 0 Å². The molecule has 13 heavy (non-hydrogen) atoms. The van der Waals surface area contributed by atoms with Crippen molar-refractivity contribution in [1.29, 1.82) is 0 Å². The van der Waals surface area contributed by atoms with Gasteiger partial charge in [0.15, 0.2) is 0 Å². The van der Waals surface area contributed by atoms with E-state index in [0.29, 0.717) is 13.1 Å². The molecule has 1 saturated heterocycles. The van der Waals surface area contributed by atoms with Gasteiger partial charge >= 0.3 is 0 Å². The Bertz CT molecular complexity index is 367. The van der Waals surface area contributed by atoms with Crippen LogP contribution in [0, 0.1) is 0 Å². The monoisotopic (exact) mass is 202 g/mol. The van der Waals surface area contributed by atoms with Crippen molar-refractivity contribution in [3.8, 4) is 0 Å². The van der Waals surface area contributed by atoms with E-state index in [9.17, 15) is 8.42 Å². The Labute approximate surface area is 75.8 Å². The third-order valence-corrected chi connectivity index (χ3v) is 3.21. The first-order valence-corrected chi connectivity index (χ1v) is 5.39. The van der Waals surface area contributed by atoms with Crippen molar-refractivity contribution in [1.82, 2.24) is 20.0 Å². The average molecular weight is 202 g/mol. The number of H-pyrrole nitrogens is 1. The van der Waals surface area contributed by atoms with E-state index in [1.54, 1.807) is 0 Å². The van der Waals surface area contributed by atoms with Gasteiger partial charge in [0.05, 0.1) is 0 Å². The lowest BCUT2D eigenvalue weighted by Crippen LogP contribution is -2.56. The van der Waals surface area contributed by atoms with Crippen LogP contribution >= 0.6 is 0 Å². The van der Waals surface area contributed by atoms with Crippen molar-refractivity contribution >= 4 is 10.0 Å². The number of rotatable bonds is 3. The smallest absolute Gasteiger partial charge is 0.274 e. The van der Waals surface area contributed by atoms with Crippen LogP contribution < -0.4 is 10.0 Å². The lowest BCUT2D eigenvalue weighted by molar-refractivity contribution is 0.409. The summed E-state index contributed by atoms with van der Waals surface area (Å²) in [6, 6.07) is -0.00454. The normalized spacial score (nSPS) is 18.5. The van der Waals surface area contributed by atoms with Crippen LogP contribution in [0.15, 0.2) is 17.6 Å². The molecule has 3 N–H and O–H groups in total. The van der Waals surface area contributed by atoms with E-state index in [1.165, 1.54) is 12.4 Å². The molecule has 1 aliphatic rings. The van der Waals surface area contributed by atoms with Gasteiger partial charge in [-0.1, -0.05) is 0 Å². The van der Waals surface area contributed by atoms with Gasteiger partial charge in [-0.25, -0.2) is 18.1 Å². The molecule has 0 atom stereocenters. The molecule has 2 heterocycles. The molecule has 0 aromatic carbocycles. The number of sulfonamides is 1. The molecule has 0 bridgehead atoms. The van der Waals surface area contributed by atoms with Crippen LogP contribution in [0.5, 0.6) is 0 Å². The number of aromatic amines is 1. The third kappa shape index (κ3) is 1.71. The van der Waals surface area contributed by atoms with Gasteiger partial charge in [-0.15, -0.1) is 0 Å². The molecule has 1 aliphatic heterocycles. The van der Waals surface area contributed by atoms with Crippen LogP contribution in [0.2, 0.25) is 0 Å². The summed E-state index contributed by atoms with van der Waals surface area (Å²) < 4.78 is 25.4. The minimum absolute atomic E-state index is 0.00454. The second-order valence-corrected chi connectivity index (χ2v) is 4.50.